The first kappa shape index (κ1) is 10.3. The Morgan fingerprint density at radius 2 is 1.85 bits per heavy atom. The molecular weight excluding hydrogens is 160 g/mol. The molecule has 1 aromatic carbocycles. The lowest BCUT2D eigenvalue weighted by Crippen LogP contribution is -2.06. The van der Waals surface area contributed by atoms with E-state index in [0.29, 0.717) is 5.92 Å². The Labute approximate surface area is 80.4 Å². The molecule has 13 heavy (non-hydrogen) atoms. The van der Waals surface area contributed by atoms with Gasteiger partial charge < -0.3 is 0 Å². The molecule has 0 aliphatic carbocycles. The third-order valence-corrected chi connectivity index (χ3v) is 2.38. The molecule has 0 N–H and O–H groups in total. The Hall–Kier alpha value is -0.820. The molecule has 1 heteroatoms. The van der Waals surface area contributed by atoms with Gasteiger partial charge >= 0.3 is 0 Å². The molecule has 0 saturated carbocycles. The standard InChI is InChI=1S/C12H17O/c1-3-11(9-10(2)13)12-7-5-4-6-8-12/h4-8,10-11H,3,9H2,1-2H3. The molecule has 1 rings (SSSR count). The molecule has 0 spiro atoms. The van der Waals surface area contributed by atoms with Gasteiger partial charge in [-0.05, 0) is 31.2 Å². The maximum atomic E-state index is 11.1. The van der Waals surface area contributed by atoms with Gasteiger partial charge in [0.1, 0.15) is 0 Å². The molecule has 0 heterocycles. The van der Waals surface area contributed by atoms with Crippen LogP contribution >= 0.6 is 0 Å². The lowest BCUT2D eigenvalue weighted by atomic mass is 9.91. The highest BCUT2D eigenvalue weighted by atomic mass is 16.3. The maximum absolute atomic E-state index is 11.1. The minimum absolute atomic E-state index is 0.439. The van der Waals surface area contributed by atoms with Crippen molar-refractivity contribution in [1.82, 2.24) is 0 Å². The van der Waals surface area contributed by atoms with Gasteiger partial charge in [0.05, 0.1) is 6.10 Å². The summed E-state index contributed by atoms with van der Waals surface area (Å²) in [6.07, 6.45) is 1.35. The maximum Gasteiger partial charge on any atom is 0.0907 e. The van der Waals surface area contributed by atoms with Gasteiger partial charge in [0.15, 0.2) is 0 Å². The Kier molecular flexibility index (Phi) is 3.97. The number of hydrogen-bond acceptors (Lipinski definition) is 0. The highest BCUT2D eigenvalue weighted by molar-refractivity contribution is 5.19. The second-order valence-electron chi connectivity index (χ2n) is 3.56. The largest absolute Gasteiger partial charge is 0.233 e. The van der Waals surface area contributed by atoms with E-state index in [-0.39, 0.29) is 0 Å². The third-order valence-electron chi connectivity index (χ3n) is 2.38. The second kappa shape index (κ2) is 5.03. The number of hydrogen-bond donors (Lipinski definition) is 0. The average molecular weight is 177 g/mol. The fourth-order valence-corrected chi connectivity index (χ4v) is 1.66. The molecule has 0 aliphatic rings. The minimum Gasteiger partial charge on any atom is -0.233 e. The van der Waals surface area contributed by atoms with Crippen LogP contribution in [0.3, 0.4) is 0 Å². The summed E-state index contributed by atoms with van der Waals surface area (Å²) in [4.78, 5) is 0. The average Bonchev–Trinajstić information content (AvgIpc) is 2.15. The van der Waals surface area contributed by atoms with E-state index in [0.717, 1.165) is 12.8 Å². The molecule has 0 aromatic heterocycles. The van der Waals surface area contributed by atoms with E-state index in [2.05, 4.69) is 19.1 Å². The van der Waals surface area contributed by atoms with Crippen molar-refractivity contribution in [3.8, 4) is 0 Å². The summed E-state index contributed by atoms with van der Waals surface area (Å²) in [5.74, 6) is 0.439. The van der Waals surface area contributed by atoms with Crippen LogP contribution in [0.5, 0.6) is 0 Å². The van der Waals surface area contributed by atoms with Crippen molar-refractivity contribution in [2.24, 2.45) is 0 Å². The molecule has 1 nitrogen and oxygen atoms in total. The number of benzene rings is 1. The summed E-state index contributed by atoms with van der Waals surface area (Å²) >= 11 is 0. The van der Waals surface area contributed by atoms with Crippen molar-refractivity contribution < 1.29 is 5.11 Å². The molecular formula is C12H17O. The van der Waals surface area contributed by atoms with Gasteiger partial charge in [-0.3, -0.25) is 0 Å². The van der Waals surface area contributed by atoms with Crippen LogP contribution in [-0.2, 0) is 5.11 Å². The fraction of sp³-hybridized carbons (Fsp3) is 0.500. The predicted molar refractivity (Wildman–Crippen MR) is 54.2 cm³/mol. The molecule has 0 amide bonds. The van der Waals surface area contributed by atoms with Gasteiger partial charge in [-0.15, -0.1) is 0 Å². The van der Waals surface area contributed by atoms with Crippen molar-refractivity contribution in [3.63, 3.8) is 0 Å². The lowest BCUT2D eigenvalue weighted by Gasteiger charge is -2.15. The molecule has 1 aromatic rings. The van der Waals surface area contributed by atoms with Crippen LogP contribution < -0.4 is 0 Å². The minimum atomic E-state index is -0.454. The van der Waals surface area contributed by atoms with E-state index in [1.807, 2.05) is 18.2 Å². The Bertz CT molecular complexity index is 228. The van der Waals surface area contributed by atoms with Gasteiger partial charge in [0.25, 0.3) is 0 Å². The van der Waals surface area contributed by atoms with Gasteiger partial charge in [-0.2, -0.15) is 0 Å². The quantitative estimate of drug-likeness (QED) is 0.672. The van der Waals surface area contributed by atoms with E-state index in [4.69, 9.17) is 0 Å². The molecule has 0 aliphatic heterocycles. The van der Waals surface area contributed by atoms with Crippen LogP contribution in [0.1, 0.15) is 38.2 Å². The first-order valence-electron chi connectivity index (χ1n) is 4.94. The first-order valence-corrected chi connectivity index (χ1v) is 4.94. The van der Waals surface area contributed by atoms with Crippen molar-refractivity contribution in [2.45, 2.75) is 38.7 Å². The Morgan fingerprint density at radius 3 is 2.31 bits per heavy atom. The molecule has 0 bridgehead atoms. The van der Waals surface area contributed by atoms with E-state index >= 15 is 0 Å². The monoisotopic (exact) mass is 177 g/mol. The summed E-state index contributed by atoms with van der Waals surface area (Å²) in [7, 11) is 0. The molecule has 0 fully saturated rings. The summed E-state index contributed by atoms with van der Waals surface area (Å²) in [5.41, 5.74) is 1.30. The zero-order chi connectivity index (χ0) is 9.68. The van der Waals surface area contributed by atoms with E-state index in [1.165, 1.54) is 5.56 Å². The predicted octanol–water partition coefficient (Wildman–Crippen LogP) is 3.39. The van der Waals surface area contributed by atoms with Crippen molar-refractivity contribution in [2.75, 3.05) is 0 Å². The fourth-order valence-electron chi connectivity index (χ4n) is 1.66. The van der Waals surface area contributed by atoms with E-state index in [9.17, 15) is 5.11 Å². The second-order valence-corrected chi connectivity index (χ2v) is 3.56. The van der Waals surface area contributed by atoms with Crippen LogP contribution in [0.25, 0.3) is 0 Å². The number of rotatable bonds is 4. The third kappa shape index (κ3) is 3.19. The zero-order valence-corrected chi connectivity index (χ0v) is 8.36. The molecule has 1 radical (unpaired) electrons. The zero-order valence-electron chi connectivity index (χ0n) is 8.36. The summed E-state index contributed by atoms with van der Waals surface area (Å²) in [5, 5.41) is 11.1. The Morgan fingerprint density at radius 1 is 1.23 bits per heavy atom. The summed E-state index contributed by atoms with van der Waals surface area (Å²) in [6, 6.07) is 10.3. The van der Waals surface area contributed by atoms with Crippen LogP contribution in [0, 0.1) is 0 Å². The van der Waals surface area contributed by atoms with E-state index in [1.54, 1.807) is 6.92 Å². The van der Waals surface area contributed by atoms with Gasteiger partial charge in [-0.1, -0.05) is 37.3 Å². The highest BCUT2D eigenvalue weighted by Gasteiger charge is 2.11. The van der Waals surface area contributed by atoms with Crippen molar-refractivity contribution >= 4 is 0 Å². The van der Waals surface area contributed by atoms with Crippen molar-refractivity contribution in [1.29, 1.82) is 0 Å². The van der Waals surface area contributed by atoms with Crippen LogP contribution in [-0.4, -0.2) is 6.10 Å². The van der Waals surface area contributed by atoms with Crippen molar-refractivity contribution in [3.05, 3.63) is 35.9 Å². The smallest absolute Gasteiger partial charge is 0.0907 e. The highest BCUT2D eigenvalue weighted by Crippen LogP contribution is 2.24. The molecule has 0 saturated heterocycles. The van der Waals surface area contributed by atoms with Gasteiger partial charge in [0.2, 0.25) is 0 Å². The summed E-state index contributed by atoms with van der Waals surface area (Å²) < 4.78 is 0. The lowest BCUT2D eigenvalue weighted by molar-refractivity contribution is 0.0902. The van der Waals surface area contributed by atoms with Gasteiger partial charge in [-0.25, -0.2) is 5.11 Å². The molecule has 2 atom stereocenters. The van der Waals surface area contributed by atoms with Gasteiger partial charge in [0, 0.05) is 0 Å². The topological polar surface area (TPSA) is 19.9 Å². The Balaban J connectivity index is 2.67. The normalized spacial score (nSPS) is 15.3. The van der Waals surface area contributed by atoms with Crippen LogP contribution in [0.15, 0.2) is 30.3 Å². The molecule has 2 unspecified atom stereocenters. The first-order chi connectivity index (χ1) is 6.24. The van der Waals surface area contributed by atoms with Crippen LogP contribution in [0.4, 0.5) is 0 Å². The van der Waals surface area contributed by atoms with E-state index < -0.39 is 6.10 Å². The summed E-state index contributed by atoms with van der Waals surface area (Å²) in [6.45, 7) is 3.88. The molecule has 71 valence electrons. The SMILES string of the molecule is CCC(CC(C)[O])c1ccccc1. The van der Waals surface area contributed by atoms with Crippen LogP contribution in [0.2, 0.25) is 0 Å².